The summed E-state index contributed by atoms with van der Waals surface area (Å²) in [5.74, 6) is 0. The van der Waals surface area contributed by atoms with E-state index in [0.717, 1.165) is 27.2 Å². The standard InChI is InChI=1S/C8H10O3S.2C2H5.Al/c1-2-7-3-5-8(6-4-7)12(9,10)11;2*1-2;/h3-6H,2H2,1H3,(H,9,10,11);2*1H2,2H3;/q;;;+1/p-1. The second-order valence-corrected chi connectivity index (χ2v) is 7.15. The van der Waals surface area contributed by atoms with Crippen LogP contribution in [-0.2, 0) is 16.5 Å². The van der Waals surface area contributed by atoms with Crippen molar-refractivity contribution >= 4 is 25.3 Å². The van der Waals surface area contributed by atoms with Crippen LogP contribution in [0.2, 0.25) is 10.6 Å². The molecular weight excluding hydrogens is 251 g/mol. The topological polar surface area (TPSA) is 57.2 Å². The summed E-state index contributed by atoms with van der Waals surface area (Å²) in [7, 11) is -4.28. The Morgan fingerprint density at radius 2 is 1.53 bits per heavy atom. The first-order valence-corrected chi connectivity index (χ1v) is 8.86. The van der Waals surface area contributed by atoms with Crippen LogP contribution in [0.15, 0.2) is 29.2 Å². The summed E-state index contributed by atoms with van der Waals surface area (Å²) in [4.78, 5) is -0.167. The Morgan fingerprint density at radius 1 is 1.06 bits per heavy atom. The van der Waals surface area contributed by atoms with Crippen LogP contribution >= 0.6 is 0 Å². The summed E-state index contributed by atoms with van der Waals surface area (Å²) in [5, 5.41) is 2.85. The van der Waals surface area contributed by atoms with Crippen molar-refractivity contribution in [2.75, 3.05) is 0 Å². The minimum atomic E-state index is -4.28. The summed E-state index contributed by atoms with van der Waals surface area (Å²) >= 11 is 0.815. The predicted molar refractivity (Wildman–Crippen MR) is 70.5 cm³/mol. The van der Waals surface area contributed by atoms with E-state index in [1.165, 1.54) is 22.7 Å². The van der Waals surface area contributed by atoms with Crippen LogP contribution in [0.4, 0.5) is 0 Å². The predicted octanol–water partition coefficient (Wildman–Crippen LogP) is 2.72. The van der Waals surface area contributed by atoms with Crippen LogP contribution in [0.3, 0.4) is 0 Å². The molecule has 1 aromatic carbocycles. The Morgan fingerprint density at radius 3 is 1.76 bits per heavy atom. The van der Waals surface area contributed by atoms with E-state index in [1.54, 1.807) is 12.1 Å². The van der Waals surface area contributed by atoms with Crippen molar-refractivity contribution in [1.29, 1.82) is 0 Å². The van der Waals surface area contributed by atoms with E-state index < -0.39 is 10.1 Å². The molecule has 0 aliphatic heterocycles. The van der Waals surface area contributed by atoms with Gasteiger partial charge in [-0.2, -0.15) is 0 Å². The Balaban J connectivity index is 0.000000437. The molecule has 0 aliphatic rings. The van der Waals surface area contributed by atoms with Crippen molar-refractivity contribution in [2.24, 2.45) is 0 Å². The molecule has 0 saturated carbocycles. The zero-order valence-electron chi connectivity index (χ0n) is 10.6. The summed E-state index contributed by atoms with van der Waals surface area (Å²) in [6, 6.07) is 5.96. The van der Waals surface area contributed by atoms with Gasteiger partial charge in [0.1, 0.15) is 10.1 Å². The van der Waals surface area contributed by atoms with E-state index >= 15 is 0 Å². The third-order valence-electron chi connectivity index (χ3n) is 2.20. The molecule has 94 valence electrons. The van der Waals surface area contributed by atoms with E-state index in [0.29, 0.717) is 0 Å². The number of hydrogen-bond donors (Lipinski definition) is 0. The molecule has 0 radical (unpaired) electrons. The average molecular weight is 270 g/mol. The van der Waals surface area contributed by atoms with E-state index in [9.17, 15) is 13.0 Å². The SMILES string of the molecule is CCc1ccc(S(=O)(=O)[O-])cc1.C[CH2][Al+][CH2]C. The molecule has 1 aromatic rings. The van der Waals surface area contributed by atoms with Crippen molar-refractivity contribution in [3.8, 4) is 0 Å². The Bertz CT molecular complexity index is 396. The number of hydrogen-bond acceptors (Lipinski definition) is 3. The normalized spacial score (nSPS) is 10.1. The summed E-state index contributed by atoms with van der Waals surface area (Å²) in [5.41, 5.74) is 1.02. The molecule has 5 heteroatoms. The summed E-state index contributed by atoms with van der Waals surface area (Å²) in [6.07, 6.45) is 0.833. The van der Waals surface area contributed by atoms with Gasteiger partial charge in [-0.15, -0.1) is 0 Å². The summed E-state index contributed by atoms with van der Waals surface area (Å²) in [6.45, 7) is 6.46. The molecule has 0 heterocycles. The molecular formula is C12H19AlO3S. The third-order valence-corrected chi connectivity index (χ3v) is 4.20. The van der Waals surface area contributed by atoms with Crippen molar-refractivity contribution in [3.63, 3.8) is 0 Å². The van der Waals surface area contributed by atoms with Crippen molar-refractivity contribution in [2.45, 2.75) is 42.7 Å². The zero-order valence-corrected chi connectivity index (χ0v) is 12.6. The molecule has 17 heavy (non-hydrogen) atoms. The van der Waals surface area contributed by atoms with Gasteiger partial charge in [0.2, 0.25) is 0 Å². The fourth-order valence-corrected chi connectivity index (χ4v) is 2.23. The fourth-order valence-electron chi connectivity index (χ4n) is 1.18. The molecule has 3 nitrogen and oxygen atoms in total. The first-order chi connectivity index (χ1) is 7.95. The molecule has 0 bridgehead atoms. The maximum absolute atomic E-state index is 10.5. The maximum atomic E-state index is 10.5. The average Bonchev–Trinajstić information content (AvgIpc) is 2.30. The van der Waals surface area contributed by atoms with E-state index in [4.69, 9.17) is 0 Å². The van der Waals surface area contributed by atoms with E-state index in [1.807, 2.05) is 6.92 Å². The van der Waals surface area contributed by atoms with Gasteiger partial charge in [-0.25, -0.2) is 8.42 Å². The fraction of sp³-hybridized carbons (Fsp3) is 0.500. The molecule has 0 unspecified atom stereocenters. The first kappa shape index (κ1) is 16.7. The van der Waals surface area contributed by atoms with Gasteiger partial charge in [0.25, 0.3) is 0 Å². The van der Waals surface area contributed by atoms with Crippen LogP contribution < -0.4 is 0 Å². The third kappa shape index (κ3) is 7.56. The van der Waals surface area contributed by atoms with Gasteiger partial charge in [0, 0.05) is 0 Å². The Labute approximate surface area is 111 Å². The van der Waals surface area contributed by atoms with Crippen LogP contribution in [0.5, 0.6) is 0 Å². The molecule has 0 N–H and O–H groups in total. The monoisotopic (exact) mass is 270 g/mol. The molecule has 1 rings (SSSR count). The minimum absolute atomic E-state index is 0.167. The molecule has 0 spiro atoms. The second-order valence-electron chi connectivity index (χ2n) is 3.56. The summed E-state index contributed by atoms with van der Waals surface area (Å²) < 4.78 is 31.4. The zero-order chi connectivity index (χ0) is 13.3. The van der Waals surface area contributed by atoms with Gasteiger partial charge >= 0.3 is 39.6 Å². The Hall–Kier alpha value is -0.338. The number of aryl methyl sites for hydroxylation is 1. The molecule has 0 atom stereocenters. The molecule has 0 fully saturated rings. The van der Waals surface area contributed by atoms with Crippen LogP contribution in [-0.4, -0.2) is 28.2 Å². The van der Waals surface area contributed by atoms with Gasteiger partial charge in [-0.1, -0.05) is 19.1 Å². The molecule has 0 amide bonds. The van der Waals surface area contributed by atoms with Crippen molar-refractivity contribution < 1.29 is 13.0 Å². The van der Waals surface area contributed by atoms with E-state index in [-0.39, 0.29) is 4.90 Å². The Kier molecular flexibility index (Phi) is 8.54. The molecule has 0 aromatic heterocycles. The van der Waals surface area contributed by atoms with Crippen LogP contribution in [0.1, 0.15) is 26.3 Å². The first-order valence-electron chi connectivity index (χ1n) is 5.82. The number of benzene rings is 1. The van der Waals surface area contributed by atoms with Crippen LogP contribution in [0, 0.1) is 0 Å². The van der Waals surface area contributed by atoms with Gasteiger partial charge in [0.05, 0.1) is 4.90 Å². The molecule has 0 saturated heterocycles. The van der Waals surface area contributed by atoms with E-state index in [2.05, 4.69) is 13.8 Å². The quantitative estimate of drug-likeness (QED) is 0.624. The van der Waals surface area contributed by atoms with Gasteiger partial charge in [-0.05, 0) is 24.1 Å². The molecule has 0 aliphatic carbocycles. The van der Waals surface area contributed by atoms with Gasteiger partial charge in [0.15, 0.2) is 0 Å². The van der Waals surface area contributed by atoms with Crippen molar-refractivity contribution in [3.05, 3.63) is 29.8 Å². The van der Waals surface area contributed by atoms with Crippen molar-refractivity contribution in [1.82, 2.24) is 0 Å². The second kappa shape index (κ2) is 8.71. The van der Waals surface area contributed by atoms with Gasteiger partial charge < -0.3 is 4.55 Å². The van der Waals surface area contributed by atoms with Gasteiger partial charge in [-0.3, -0.25) is 0 Å². The van der Waals surface area contributed by atoms with Crippen LogP contribution in [0.25, 0.3) is 0 Å². The number of rotatable bonds is 4.